The van der Waals surface area contributed by atoms with Gasteiger partial charge < -0.3 is 20.1 Å². The first kappa shape index (κ1) is 17.4. The minimum atomic E-state index is -1.41. The van der Waals surface area contributed by atoms with Gasteiger partial charge in [0, 0.05) is 29.3 Å². The molecule has 2 aromatic rings. The Bertz CT molecular complexity index is 845. The van der Waals surface area contributed by atoms with Crippen molar-refractivity contribution < 1.29 is 23.8 Å². The fraction of sp³-hybridized carbons (Fsp3) is 0.444. The van der Waals surface area contributed by atoms with E-state index in [4.69, 9.17) is 4.74 Å². The zero-order chi connectivity index (χ0) is 18.4. The van der Waals surface area contributed by atoms with Gasteiger partial charge >= 0.3 is 5.97 Å². The Balaban J connectivity index is 1.87. The van der Waals surface area contributed by atoms with Gasteiger partial charge in [0.1, 0.15) is 17.1 Å². The number of H-pyrrole nitrogens is 1. The lowest BCUT2D eigenvalue weighted by Gasteiger charge is -2.58. The van der Waals surface area contributed by atoms with Gasteiger partial charge in [-0.25, -0.2) is 9.18 Å². The van der Waals surface area contributed by atoms with E-state index in [1.165, 1.54) is 24.3 Å². The highest BCUT2D eigenvalue weighted by Gasteiger charge is 2.66. The highest BCUT2D eigenvalue weighted by molar-refractivity contribution is 6.01. The Kier molecular flexibility index (Phi) is 4.07. The van der Waals surface area contributed by atoms with Crippen LogP contribution in [0.5, 0.6) is 0 Å². The largest absolute Gasteiger partial charge is 0.479 e. The zero-order valence-electron chi connectivity index (χ0n) is 14.4. The monoisotopic (exact) mass is 348 g/mol. The number of carboxylic acids is 1. The second-order valence-electron chi connectivity index (χ2n) is 6.95. The van der Waals surface area contributed by atoms with Crippen molar-refractivity contribution in [3.8, 4) is 0 Å². The van der Waals surface area contributed by atoms with Crippen molar-refractivity contribution in [1.82, 2.24) is 10.3 Å². The molecule has 1 aliphatic rings. The summed E-state index contributed by atoms with van der Waals surface area (Å²) in [7, 11) is 0. The molecule has 1 heterocycles. The molecule has 3 rings (SSSR count). The van der Waals surface area contributed by atoms with E-state index >= 15 is 0 Å². The fourth-order valence-electron chi connectivity index (χ4n) is 3.52. The van der Waals surface area contributed by atoms with Gasteiger partial charge in [0.15, 0.2) is 0 Å². The highest BCUT2D eigenvalue weighted by Crippen LogP contribution is 2.51. The number of carbonyl (C=O) groups excluding carboxylic acids is 1. The zero-order valence-corrected chi connectivity index (χ0v) is 14.4. The Labute approximate surface area is 144 Å². The number of carbonyl (C=O) groups is 2. The van der Waals surface area contributed by atoms with Gasteiger partial charge in [-0.05, 0) is 31.2 Å². The summed E-state index contributed by atoms with van der Waals surface area (Å²) < 4.78 is 18.9. The molecule has 3 N–H and O–H groups in total. The van der Waals surface area contributed by atoms with E-state index in [1.54, 1.807) is 13.8 Å². The van der Waals surface area contributed by atoms with E-state index in [1.807, 2.05) is 6.92 Å². The smallest absolute Gasteiger partial charge is 0.330 e. The summed E-state index contributed by atoms with van der Waals surface area (Å²) >= 11 is 0. The molecule has 1 aromatic carbocycles. The SMILES string of the molecule is CCO[C@H]1C[C@](NC(=O)c2cc3cc(F)ccc3[nH]2)(C(=O)O)C1(C)C. The molecule has 0 spiro atoms. The average Bonchev–Trinajstić information content (AvgIpc) is 2.96. The van der Waals surface area contributed by atoms with Gasteiger partial charge in [-0.15, -0.1) is 0 Å². The molecular formula is C18H21FN2O4. The molecule has 0 radical (unpaired) electrons. The second-order valence-corrected chi connectivity index (χ2v) is 6.95. The van der Waals surface area contributed by atoms with Crippen LogP contribution in [0.1, 0.15) is 37.7 Å². The average molecular weight is 348 g/mol. The number of aromatic amines is 1. The van der Waals surface area contributed by atoms with Gasteiger partial charge in [-0.3, -0.25) is 4.79 Å². The molecule has 6 nitrogen and oxygen atoms in total. The quantitative estimate of drug-likeness (QED) is 0.775. The maximum absolute atomic E-state index is 13.3. The summed E-state index contributed by atoms with van der Waals surface area (Å²) in [6.45, 7) is 5.86. The Morgan fingerprint density at radius 2 is 2.12 bits per heavy atom. The fourth-order valence-corrected chi connectivity index (χ4v) is 3.52. The first-order chi connectivity index (χ1) is 11.7. The first-order valence-electron chi connectivity index (χ1n) is 8.17. The molecule has 7 heteroatoms. The standard InChI is InChI=1S/C18H21FN2O4/c1-4-25-14-9-18(16(23)24,17(14,2)3)21-15(22)13-8-10-7-11(19)5-6-12(10)20-13/h5-8,14,20H,4,9H2,1-3H3,(H,21,22)(H,23,24)/t14-,18-/m0/s1. The molecule has 0 aliphatic heterocycles. The first-order valence-corrected chi connectivity index (χ1v) is 8.17. The number of fused-ring (bicyclic) bond motifs is 1. The molecule has 1 saturated carbocycles. The predicted octanol–water partition coefficient (Wildman–Crippen LogP) is 2.70. The summed E-state index contributed by atoms with van der Waals surface area (Å²) in [5, 5.41) is 13.0. The molecule has 2 atom stereocenters. The topological polar surface area (TPSA) is 91.4 Å². The number of ether oxygens (including phenoxy) is 1. The van der Waals surface area contributed by atoms with Gasteiger partial charge in [-0.2, -0.15) is 0 Å². The van der Waals surface area contributed by atoms with Crippen LogP contribution in [0, 0.1) is 11.2 Å². The molecule has 1 amide bonds. The Hall–Kier alpha value is -2.41. The molecule has 0 saturated heterocycles. The Morgan fingerprint density at radius 3 is 2.72 bits per heavy atom. The number of hydrogen-bond acceptors (Lipinski definition) is 3. The van der Waals surface area contributed by atoms with Crippen LogP contribution in [0.2, 0.25) is 0 Å². The number of aromatic nitrogens is 1. The van der Waals surface area contributed by atoms with Gasteiger partial charge in [-0.1, -0.05) is 13.8 Å². The summed E-state index contributed by atoms with van der Waals surface area (Å²) in [6, 6.07) is 5.65. The van der Waals surface area contributed by atoms with Crippen molar-refractivity contribution in [3.05, 3.63) is 35.8 Å². The number of rotatable bonds is 5. The molecule has 1 aliphatic carbocycles. The molecular weight excluding hydrogens is 327 g/mol. The van der Waals surface area contributed by atoms with Gasteiger partial charge in [0.05, 0.1) is 6.10 Å². The number of amides is 1. The summed E-state index contributed by atoms with van der Waals surface area (Å²) in [5.41, 5.74) is -1.37. The Morgan fingerprint density at radius 1 is 1.40 bits per heavy atom. The highest BCUT2D eigenvalue weighted by atomic mass is 19.1. The maximum Gasteiger partial charge on any atom is 0.330 e. The predicted molar refractivity (Wildman–Crippen MR) is 89.9 cm³/mol. The maximum atomic E-state index is 13.3. The molecule has 25 heavy (non-hydrogen) atoms. The van der Waals surface area contributed by atoms with Crippen LogP contribution in [0.3, 0.4) is 0 Å². The minimum absolute atomic E-state index is 0.192. The van der Waals surface area contributed by atoms with Crippen molar-refractivity contribution in [3.63, 3.8) is 0 Å². The molecule has 0 bridgehead atoms. The van der Waals surface area contributed by atoms with E-state index in [2.05, 4.69) is 10.3 Å². The second kappa shape index (κ2) is 5.84. The summed E-state index contributed by atoms with van der Waals surface area (Å²) in [6.07, 6.45) is -0.0465. The molecule has 1 fully saturated rings. The van der Waals surface area contributed by atoms with Crippen LogP contribution in [-0.4, -0.2) is 40.2 Å². The van der Waals surface area contributed by atoms with E-state index in [0.29, 0.717) is 17.5 Å². The lowest BCUT2D eigenvalue weighted by molar-refractivity contribution is -0.190. The van der Waals surface area contributed by atoms with Gasteiger partial charge in [0.25, 0.3) is 5.91 Å². The van der Waals surface area contributed by atoms with Crippen molar-refractivity contribution >= 4 is 22.8 Å². The normalized spacial score (nSPS) is 24.7. The minimum Gasteiger partial charge on any atom is -0.479 e. The lowest BCUT2D eigenvalue weighted by atomic mass is 9.54. The number of hydrogen-bond donors (Lipinski definition) is 3. The van der Waals surface area contributed by atoms with Gasteiger partial charge in [0.2, 0.25) is 0 Å². The lowest BCUT2D eigenvalue weighted by Crippen LogP contribution is -2.76. The third-order valence-corrected chi connectivity index (χ3v) is 5.28. The third-order valence-electron chi connectivity index (χ3n) is 5.28. The van der Waals surface area contributed by atoms with Crippen molar-refractivity contribution in [2.45, 2.75) is 38.8 Å². The van der Waals surface area contributed by atoms with E-state index in [0.717, 1.165) is 0 Å². The molecule has 1 aromatic heterocycles. The molecule has 0 unspecified atom stereocenters. The van der Waals surface area contributed by atoms with E-state index in [-0.39, 0.29) is 18.2 Å². The number of halogens is 1. The van der Waals surface area contributed by atoms with Crippen molar-refractivity contribution in [2.75, 3.05) is 6.61 Å². The van der Waals surface area contributed by atoms with Crippen LogP contribution >= 0.6 is 0 Å². The van der Waals surface area contributed by atoms with Crippen LogP contribution in [0.4, 0.5) is 4.39 Å². The summed E-state index contributed by atoms with van der Waals surface area (Å²) in [4.78, 5) is 27.4. The van der Waals surface area contributed by atoms with Crippen LogP contribution in [0.25, 0.3) is 10.9 Å². The number of carboxylic acid groups (broad SMARTS) is 1. The number of benzene rings is 1. The van der Waals surface area contributed by atoms with Crippen LogP contribution < -0.4 is 5.32 Å². The van der Waals surface area contributed by atoms with E-state index < -0.39 is 28.6 Å². The number of aliphatic carboxylic acids is 1. The van der Waals surface area contributed by atoms with Crippen LogP contribution in [0.15, 0.2) is 24.3 Å². The number of nitrogens with one attached hydrogen (secondary N) is 2. The van der Waals surface area contributed by atoms with E-state index in [9.17, 15) is 19.1 Å². The summed E-state index contributed by atoms with van der Waals surface area (Å²) in [5.74, 6) is -2.04. The third kappa shape index (κ3) is 2.59. The molecule has 134 valence electrons. The van der Waals surface area contributed by atoms with Crippen molar-refractivity contribution in [2.24, 2.45) is 5.41 Å². The van der Waals surface area contributed by atoms with Crippen molar-refractivity contribution in [1.29, 1.82) is 0 Å². The van der Waals surface area contributed by atoms with Crippen LogP contribution in [-0.2, 0) is 9.53 Å².